The summed E-state index contributed by atoms with van der Waals surface area (Å²) in [4.78, 5) is 15.5. The Balaban J connectivity index is 2.69. The van der Waals surface area contributed by atoms with Crippen molar-refractivity contribution in [1.82, 2.24) is 4.98 Å². The summed E-state index contributed by atoms with van der Waals surface area (Å²) in [7, 11) is 0. The molecule has 0 unspecified atom stereocenters. The summed E-state index contributed by atoms with van der Waals surface area (Å²) < 4.78 is 0. The van der Waals surface area contributed by atoms with Gasteiger partial charge in [0.15, 0.2) is 5.43 Å². The molecule has 0 atom stereocenters. The van der Waals surface area contributed by atoms with Gasteiger partial charge in [-0.25, -0.2) is 0 Å². The van der Waals surface area contributed by atoms with Crippen molar-refractivity contribution in [2.45, 2.75) is 0 Å². The van der Waals surface area contributed by atoms with Crippen LogP contribution < -0.4 is 11.2 Å². The molecule has 1 aromatic heterocycles. The number of rotatable bonds is 0. The summed E-state index contributed by atoms with van der Waals surface area (Å²) in [6.45, 7) is 0. The lowest BCUT2D eigenvalue weighted by Crippen LogP contribution is -2.06. The zero-order valence-electron chi connectivity index (χ0n) is 8.83. The highest BCUT2D eigenvalue weighted by Crippen LogP contribution is 2.25. The van der Waals surface area contributed by atoms with Crippen LogP contribution in [0.15, 0.2) is 41.2 Å². The molecule has 0 fully saturated rings. The van der Waals surface area contributed by atoms with E-state index >= 15 is 0 Å². The summed E-state index contributed by atoms with van der Waals surface area (Å²) in [6, 6.07) is 10.6. The lowest BCUT2D eigenvalue weighted by Gasteiger charge is -2.06. The third kappa shape index (κ3) is 1.40. The molecule has 0 saturated carbocycles. The number of nitrogens with one attached hydrogen (secondary N) is 1. The second kappa shape index (κ2) is 3.50. The number of halogens is 1. The first-order chi connectivity index (χ1) is 8.18. The number of hydrogen-bond acceptors (Lipinski definition) is 2. The van der Waals surface area contributed by atoms with E-state index in [9.17, 15) is 4.79 Å². The number of fused-ring (bicyclic) bond motifs is 2. The lowest BCUT2D eigenvalue weighted by atomic mass is 10.1. The van der Waals surface area contributed by atoms with Gasteiger partial charge in [0.2, 0.25) is 0 Å². The fourth-order valence-electron chi connectivity index (χ4n) is 2.01. The molecule has 2 aromatic carbocycles. The molecule has 3 nitrogen and oxygen atoms in total. The highest BCUT2D eigenvalue weighted by Gasteiger charge is 2.10. The van der Waals surface area contributed by atoms with Crippen molar-refractivity contribution in [2.75, 3.05) is 5.73 Å². The van der Waals surface area contributed by atoms with Crippen molar-refractivity contribution in [1.29, 1.82) is 0 Å². The maximum Gasteiger partial charge on any atom is 0.198 e. The van der Waals surface area contributed by atoms with Crippen LogP contribution in [-0.2, 0) is 0 Å². The smallest absolute Gasteiger partial charge is 0.198 e. The zero-order chi connectivity index (χ0) is 12.0. The van der Waals surface area contributed by atoms with E-state index in [1.54, 1.807) is 18.2 Å². The molecule has 3 N–H and O–H groups in total. The van der Waals surface area contributed by atoms with Crippen LogP contribution >= 0.6 is 11.6 Å². The van der Waals surface area contributed by atoms with E-state index in [4.69, 9.17) is 17.3 Å². The number of pyridine rings is 1. The quantitative estimate of drug-likeness (QED) is 0.472. The van der Waals surface area contributed by atoms with Crippen molar-refractivity contribution >= 4 is 39.1 Å². The van der Waals surface area contributed by atoms with Crippen LogP contribution in [0.5, 0.6) is 0 Å². The zero-order valence-corrected chi connectivity index (χ0v) is 9.58. The van der Waals surface area contributed by atoms with Crippen LogP contribution in [0.1, 0.15) is 0 Å². The average molecular weight is 245 g/mol. The third-order valence-corrected chi connectivity index (χ3v) is 3.16. The first kappa shape index (κ1) is 10.2. The van der Waals surface area contributed by atoms with Crippen molar-refractivity contribution in [3.8, 4) is 0 Å². The molecule has 17 heavy (non-hydrogen) atoms. The Morgan fingerprint density at radius 2 is 1.88 bits per heavy atom. The van der Waals surface area contributed by atoms with E-state index in [0.29, 0.717) is 27.0 Å². The van der Waals surface area contributed by atoms with Gasteiger partial charge in [0.25, 0.3) is 0 Å². The Morgan fingerprint density at radius 3 is 2.71 bits per heavy atom. The molecule has 0 radical (unpaired) electrons. The molecule has 0 bridgehead atoms. The normalized spacial score (nSPS) is 11.1. The van der Waals surface area contributed by atoms with Crippen molar-refractivity contribution in [2.24, 2.45) is 0 Å². The number of nitrogens with two attached hydrogens (primary N) is 1. The van der Waals surface area contributed by atoms with Crippen LogP contribution in [0, 0.1) is 0 Å². The molecule has 84 valence electrons. The van der Waals surface area contributed by atoms with Crippen LogP contribution in [0.4, 0.5) is 5.69 Å². The summed E-state index contributed by atoms with van der Waals surface area (Å²) in [5, 5.41) is 1.49. The van der Waals surface area contributed by atoms with Gasteiger partial charge >= 0.3 is 0 Å². The van der Waals surface area contributed by atoms with E-state index in [0.717, 1.165) is 5.52 Å². The minimum absolute atomic E-state index is 0.0911. The SMILES string of the molecule is Nc1ccc(Cl)c2c(=O)c3ccccc3[nH]c12. The number of aromatic amines is 1. The monoisotopic (exact) mass is 244 g/mol. The predicted molar refractivity (Wildman–Crippen MR) is 71.5 cm³/mol. The number of para-hydroxylation sites is 1. The summed E-state index contributed by atoms with van der Waals surface area (Å²) in [5.41, 5.74) is 7.65. The molecule has 4 heteroatoms. The minimum atomic E-state index is -0.0911. The first-order valence-electron chi connectivity index (χ1n) is 5.17. The van der Waals surface area contributed by atoms with Crippen molar-refractivity contribution < 1.29 is 0 Å². The van der Waals surface area contributed by atoms with E-state index in [2.05, 4.69) is 4.98 Å². The Morgan fingerprint density at radius 1 is 1.12 bits per heavy atom. The standard InChI is InChI=1S/C13H9ClN2O/c14-8-5-6-9(15)12-11(8)13(17)7-3-1-2-4-10(7)16-12/h1-6H,15H2,(H,16,17). The molecular weight excluding hydrogens is 236 g/mol. The Bertz CT molecular complexity index is 792. The average Bonchev–Trinajstić information content (AvgIpc) is 2.34. The number of benzene rings is 2. The summed E-state index contributed by atoms with van der Waals surface area (Å²) in [6.07, 6.45) is 0. The van der Waals surface area contributed by atoms with E-state index in [-0.39, 0.29) is 5.43 Å². The number of nitrogen functional groups attached to an aromatic ring is 1. The van der Waals surface area contributed by atoms with Gasteiger partial charge in [-0.2, -0.15) is 0 Å². The van der Waals surface area contributed by atoms with Crippen LogP contribution in [0.2, 0.25) is 5.02 Å². The number of aromatic nitrogens is 1. The highest BCUT2D eigenvalue weighted by molar-refractivity contribution is 6.36. The molecule has 0 saturated heterocycles. The molecule has 3 rings (SSSR count). The van der Waals surface area contributed by atoms with Gasteiger partial charge in [0, 0.05) is 10.9 Å². The largest absolute Gasteiger partial charge is 0.397 e. The van der Waals surface area contributed by atoms with Crippen LogP contribution in [-0.4, -0.2) is 4.98 Å². The molecule has 0 spiro atoms. The van der Waals surface area contributed by atoms with Crippen LogP contribution in [0.3, 0.4) is 0 Å². The highest BCUT2D eigenvalue weighted by atomic mass is 35.5. The van der Waals surface area contributed by atoms with E-state index in [1.165, 1.54) is 0 Å². The fourth-order valence-corrected chi connectivity index (χ4v) is 2.25. The van der Waals surface area contributed by atoms with Gasteiger partial charge < -0.3 is 10.7 Å². The molecule has 0 aliphatic carbocycles. The Labute approximate surface area is 102 Å². The molecule has 0 aliphatic heterocycles. The van der Waals surface area contributed by atoms with Gasteiger partial charge in [0.05, 0.1) is 21.6 Å². The molecule has 0 aliphatic rings. The second-order valence-electron chi connectivity index (χ2n) is 3.89. The van der Waals surface area contributed by atoms with Gasteiger partial charge in [0.1, 0.15) is 0 Å². The predicted octanol–water partition coefficient (Wildman–Crippen LogP) is 2.92. The summed E-state index contributed by atoms with van der Waals surface area (Å²) in [5.74, 6) is 0. The van der Waals surface area contributed by atoms with Crippen LogP contribution in [0.25, 0.3) is 21.8 Å². The fraction of sp³-hybridized carbons (Fsp3) is 0. The van der Waals surface area contributed by atoms with Crippen molar-refractivity contribution in [3.05, 3.63) is 51.6 Å². The second-order valence-corrected chi connectivity index (χ2v) is 4.29. The van der Waals surface area contributed by atoms with Gasteiger partial charge in [-0.15, -0.1) is 0 Å². The van der Waals surface area contributed by atoms with Gasteiger partial charge in [-0.05, 0) is 24.3 Å². The van der Waals surface area contributed by atoms with Gasteiger partial charge in [-0.3, -0.25) is 4.79 Å². The Kier molecular flexibility index (Phi) is 2.09. The third-order valence-electron chi connectivity index (χ3n) is 2.85. The van der Waals surface area contributed by atoms with E-state index in [1.807, 2.05) is 18.2 Å². The number of anilines is 1. The van der Waals surface area contributed by atoms with Gasteiger partial charge in [-0.1, -0.05) is 23.7 Å². The molecule has 3 aromatic rings. The number of hydrogen-bond donors (Lipinski definition) is 2. The van der Waals surface area contributed by atoms with Crippen molar-refractivity contribution in [3.63, 3.8) is 0 Å². The van der Waals surface area contributed by atoms with E-state index < -0.39 is 0 Å². The lowest BCUT2D eigenvalue weighted by molar-refractivity contribution is 1.48. The maximum atomic E-state index is 12.3. The molecular formula is C13H9ClN2O. The summed E-state index contributed by atoms with van der Waals surface area (Å²) >= 11 is 6.06. The molecule has 0 amide bonds. The Hall–Kier alpha value is -2.00. The number of H-pyrrole nitrogens is 1. The maximum absolute atomic E-state index is 12.3. The topological polar surface area (TPSA) is 58.9 Å². The molecule has 1 heterocycles. The minimum Gasteiger partial charge on any atom is -0.397 e. The first-order valence-corrected chi connectivity index (χ1v) is 5.55.